The standard InChI is InChI=1S/C22H25BrN2O5/c1-14(2)20(25-21(27)17-9-4-5-10-18(17)23)22(28)30-13-19(26)24-12-15-7-6-8-16(11-15)29-3/h4-11,14,20H,12-13H2,1-3H3,(H,24,26)(H,25,27)/t20-/m0/s1. The van der Waals surface area contributed by atoms with Crippen LogP contribution >= 0.6 is 15.9 Å². The van der Waals surface area contributed by atoms with E-state index >= 15 is 0 Å². The van der Waals surface area contributed by atoms with E-state index in [2.05, 4.69) is 26.6 Å². The topological polar surface area (TPSA) is 93.7 Å². The number of amides is 2. The van der Waals surface area contributed by atoms with E-state index in [0.29, 0.717) is 15.8 Å². The maximum absolute atomic E-state index is 12.5. The summed E-state index contributed by atoms with van der Waals surface area (Å²) >= 11 is 3.32. The highest BCUT2D eigenvalue weighted by Crippen LogP contribution is 2.16. The number of carbonyl (C=O) groups excluding carboxylic acids is 3. The zero-order chi connectivity index (χ0) is 22.1. The van der Waals surface area contributed by atoms with E-state index in [9.17, 15) is 14.4 Å². The van der Waals surface area contributed by atoms with E-state index in [1.54, 1.807) is 57.4 Å². The molecule has 0 fully saturated rings. The van der Waals surface area contributed by atoms with E-state index in [-0.39, 0.29) is 12.5 Å². The molecule has 0 aliphatic carbocycles. The molecule has 2 aromatic rings. The van der Waals surface area contributed by atoms with Crippen molar-refractivity contribution in [2.24, 2.45) is 5.92 Å². The Kier molecular flexibility index (Phi) is 8.86. The van der Waals surface area contributed by atoms with Crippen LogP contribution in [0.4, 0.5) is 0 Å². The normalized spacial score (nSPS) is 11.5. The van der Waals surface area contributed by atoms with E-state index in [4.69, 9.17) is 9.47 Å². The van der Waals surface area contributed by atoms with Gasteiger partial charge < -0.3 is 20.1 Å². The fourth-order valence-corrected chi connectivity index (χ4v) is 3.09. The SMILES string of the molecule is COc1cccc(CNC(=O)COC(=O)[C@@H](NC(=O)c2ccccc2Br)C(C)C)c1. The third kappa shape index (κ3) is 6.88. The molecule has 0 saturated carbocycles. The molecule has 0 aliphatic rings. The quantitative estimate of drug-likeness (QED) is 0.542. The number of methoxy groups -OCH3 is 1. The summed E-state index contributed by atoms with van der Waals surface area (Å²) in [6.45, 7) is 3.42. The summed E-state index contributed by atoms with van der Waals surface area (Å²) in [7, 11) is 1.57. The summed E-state index contributed by atoms with van der Waals surface area (Å²) in [5, 5.41) is 5.36. The van der Waals surface area contributed by atoms with E-state index in [1.165, 1.54) is 0 Å². The first-order valence-corrected chi connectivity index (χ1v) is 10.2. The summed E-state index contributed by atoms with van der Waals surface area (Å²) in [4.78, 5) is 37.0. The van der Waals surface area contributed by atoms with Gasteiger partial charge in [0.25, 0.3) is 11.8 Å². The summed E-state index contributed by atoms with van der Waals surface area (Å²) in [5.41, 5.74) is 1.27. The molecule has 160 valence electrons. The van der Waals surface area contributed by atoms with Crippen molar-refractivity contribution < 1.29 is 23.9 Å². The van der Waals surface area contributed by atoms with Gasteiger partial charge >= 0.3 is 5.97 Å². The molecule has 0 aliphatic heterocycles. The molecule has 0 spiro atoms. The zero-order valence-electron chi connectivity index (χ0n) is 17.1. The van der Waals surface area contributed by atoms with E-state index < -0.39 is 30.4 Å². The fraction of sp³-hybridized carbons (Fsp3) is 0.318. The van der Waals surface area contributed by atoms with Crippen LogP contribution in [0.2, 0.25) is 0 Å². The highest BCUT2D eigenvalue weighted by atomic mass is 79.9. The number of halogens is 1. The highest BCUT2D eigenvalue weighted by Gasteiger charge is 2.27. The van der Waals surface area contributed by atoms with Crippen molar-refractivity contribution in [3.05, 3.63) is 64.1 Å². The summed E-state index contributed by atoms with van der Waals surface area (Å²) in [5.74, 6) is -1.04. The number of hydrogen-bond acceptors (Lipinski definition) is 5. The lowest BCUT2D eigenvalue weighted by Crippen LogP contribution is -2.46. The van der Waals surface area contributed by atoms with Crippen LogP contribution < -0.4 is 15.4 Å². The van der Waals surface area contributed by atoms with Crippen molar-refractivity contribution in [1.82, 2.24) is 10.6 Å². The smallest absolute Gasteiger partial charge is 0.329 e. The zero-order valence-corrected chi connectivity index (χ0v) is 18.7. The van der Waals surface area contributed by atoms with Crippen LogP contribution in [0.5, 0.6) is 5.75 Å². The van der Waals surface area contributed by atoms with Gasteiger partial charge in [-0.25, -0.2) is 4.79 Å². The van der Waals surface area contributed by atoms with Crippen LogP contribution in [-0.4, -0.2) is 37.5 Å². The summed E-state index contributed by atoms with van der Waals surface area (Å²) < 4.78 is 10.9. The van der Waals surface area contributed by atoms with Gasteiger partial charge in [-0.3, -0.25) is 9.59 Å². The number of rotatable bonds is 9. The number of hydrogen-bond donors (Lipinski definition) is 2. The molecule has 8 heteroatoms. The van der Waals surface area contributed by atoms with Gasteiger partial charge in [-0.2, -0.15) is 0 Å². The molecule has 7 nitrogen and oxygen atoms in total. The average Bonchev–Trinajstić information content (AvgIpc) is 2.74. The Hall–Kier alpha value is -2.87. The van der Waals surface area contributed by atoms with Crippen molar-refractivity contribution in [2.45, 2.75) is 26.4 Å². The molecule has 1 atom stereocenters. The molecule has 2 aromatic carbocycles. The lowest BCUT2D eigenvalue weighted by Gasteiger charge is -2.21. The number of esters is 1. The number of carbonyl (C=O) groups is 3. The van der Waals surface area contributed by atoms with Crippen molar-refractivity contribution in [3.8, 4) is 5.75 Å². The number of benzene rings is 2. The molecule has 2 rings (SSSR count). The van der Waals surface area contributed by atoms with Gasteiger partial charge in [0.1, 0.15) is 11.8 Å². The highest BCUT2D eigenvalue weighted by molar-refractivity contribution is 9.10. The van der Waals surface area contributed by atoms with Crippen molar-refractivity contribution in [3.63, 3.8) is 0 Å². The molecular formula is C22H25BrN2O5. The molecular weight excluding hydrogens is 452 g/mol. The molecule has 30 heavy (non-hydrogen) atoms. The van der Waals surface area contributed by atoms with Gasteiger partial charge in [-0.1, -0.05) is 38.1 Å². The molecule has 0 radical (unpaired) electrons. The molecule has 0 saturated heterocycles. The Bertz CT molecular complexity index is 901. The summed E-state index contributed by atoms with van der Waals surface area (Å²) in [6, 6.07) is 13.3. The Morgan fingerprint density at radius 3 is 2.47 bits per heavy atom. The predicted octanol–water partition coefficient (Wildman–Crippen LogP) is 3.07. The fourth-order valence-electron chi connectivity index (χ4n) is 2.62. The van der Waals surface area contributed by atoms with Gasteiger partial charge in [0.15, 0.2) is 6.61 Å². The second kappa shape index (κ2) is 11.3. The molecule has 0 bridgehead atoms. The van der Waals surface area contributed by atoms with Crippen molar-refractivity contribution in [2.75, 3.05) is 13.7 Å². The van der Waals surface area contributed by atoms with Gasteiger partial charge in [0.2, 0.25) is 0 Å². The summed E-state index contributed by atoms with van der Waals surface area (Å²) in [6.07, 6.45) is 0. The minimum atomic E-state index is -0.879. The minimum Gasteiger partial charge on any atom is -0.497 e. The monoisotopic (exact) mass is 476 g/mol. The third-order valence-electron chi connectivity index (χ3n) is 4.30. The molecule has 2 N–H and O–H groups in total. The third-order valence-corrected chi connectivity index (χ3v) is 4.99. The second-order valence-electron chi connectivity index (χ2n) is 6.91. The van der Waals surface area contributed by atoms with Crippen LogP contribution in [0.15, 0.2) is 53.0 Å². The first kappa shape index (κ1) is 23.4. The molecule has 0 aromatic heterocycles. The first-order valence-electron chi connectivity index (χ1n) is 9.43. The lowest BCUT2D eigenvalue weighted by molar-refractivity contribution is -0.151. The maximum atomic E-state index is 12.5. The van der Waals surface area contributed by atoms with Crippen LogP contribution in [-0.2, 0) is 20.9 Å². The number of nitrogens with one attached hydrogen (secondary N) is 2. The Morgan fingerprint density at radius 1 is 1.07 bits per heavy atom. The first-order chi connectivity index (χ1) is 14.3. The largest absolute Gasteiger partial charge is 0.497 e. The van der Waals surface area contributed by atoms with Crippen LogP contribution in [0.1, 0.15) is 29.8 Å². The lowest BCUT2D eigenvalue weighted by atomic mass is 10.0. The van der Waals surface area contributed by atoms with Gasteiger partial charge in [0, 0.05) is 11.0 Å². The second-order valence-corrected chi connectivity index (χ2v) is 7.77. The van der Waals surface area contributed by atoms with E-state index in [0.717, 1.165) is 5.56 Å². The van der Waals surface area contributed by atoms with Gasteiger partial charge in [-0.15, -0.1) is 0 Å². The minimum absolute atomic E-state index is 0.219. The Balaban J connectivity index is 1.87. The van der Waals surface area contributed by atoms with Crippen molar-refractivity contribution >= 4 is 33.7 Å². The van der Waals surface area contributed by atoms with Gasteiger partial charge in [-0.05, 0) is 51.7 Å². The van der Waals surface area contributed by atoms with Crippen LogP contribution in [0, 0.1) is 5.92 Å². The predicted molar refractivity (Wildman–Crippen MR) is 116 cm³/mol. The Labute approximate surface area is 184 Å². The number of ether oxygens (including phenoxy) is 2. The van der Waals surface area contributed by atoms with E-state index in [1.807, 2.05) is 12.1 Å². The average molecular weight is 477 g/mol. The van der Waals surface area contributed by atoms with Crippen LogP contribution in [0.3, 0.4) is 0 Å². The maximum Gasteiger partial charge on any atom is 0.329 e. The molecule has 0 unspecified atom stereocenters. The molecule has 2 amide bonds. The molecule has 0 heterocycles. The van der Waals surface area contributed by atoms with Crippen LogP contribution in [0.25, 0.3) is 0 Å². The van der Waals surface area contributed by atoms with Gasteiger partial charge in [0.05, 0.1) is 12.7 Å². The van der Waals surface area contributed by atoms with Crippen molar-refractivity contribution in [1.29, 1.82) is 0 Å². The Morgan fingerprint density at radius 2 is 1.80 bits per heavy atom.